The Morgan fingerprint density at radius 3 is 1.70 bits per heavy atom. The highest BCUT2D eigenvalue weighted by Crippen LogP contribution is 2.57. The molecule has 0 fully saturated rings. The van der Waals surface area contributed by atoms with Crippen LogP contribution in [0, 0.1) is 0 Å². The van der Waals surface area contributed by atoms with Crippen molar-refractivity contribution in [2.45, 2.75) is 61.3 Å². The summed E-state index contributed by atoms with van der Waals surface area (Å²) in [4.78, 5) is 21.8. The molecule has 0 aromatic carbocycles. The maximum Gasteiger partial charge on any atom is 0.393 e. The molecule has 0 aliphatic carbocycles. The van der Waals surface area contributed by atoms with Crippen LogP contribution in [-0.4, -0.2) is 47.0 Å². The molecule has 0 bridgehead atoms. The molecule has 0 saturated carbocycles. The number of hydrogen-bond donors (Lipinski definition) is 1. The molecule has 0 radical (unpaired) electrons. The lowest BCUT2D eigenvalue weighted by molar-refractivity contribution is -0.382. The second-order valence-electron chi connectivity index (χ2n) is 5.28. The number of unbranched alkanes of at least 4 members (excludes halogenated alkanes) is 1. The van der Waals surface area contributed by atoms with Gasteiger partial charge >= 0.3 is 29.1 Å². The van der Waals surface area contributed by atoms with Crippen LogP contribution in [0.5, 0.6) is 0 Å². The number of alkyl halides is 11. The van der Waals surface area contributed by atoms with E-state index in [-0.39, 0.29) is 12.8 Å². The Morgan fingerprint density at radius 1 is 0.926 bits per heavy atom. The standard InChI is InChI=1S/C12H12ClF10NO3/c1-2-3-4-5(6(25)26)24-7(27)8(14,15)9(16,17)10(18,19)11(20,21)12(13,22)23/h5H,2-4H2,1H3,(H,24,27)(H,25,26)/p-1. The van der Waals surface area contributed by atoms with E-state index in [9.17, 15) is 58.6 Å². The van der Waals surface area contributed by atoms with Gasteiger partial charge in [-0.25, -0.2) is 0 Å². The zero-order valence-electron chi connectivity index (χ0n) is 13.1. The summed E-state index contributed by atoms with van der Waals surface area (Å²) in [7, 11) is 0. The molecule has 0 aliphatic rings. The lowest BCUT2D eigenvalue weighted by Crippen LogP contribution is -2.69. The minimum Gasteiger partial charge on any atom is -0.548 e. The molecule has 1 N–H and O–H groups in total. The molecule has 0 heterocycles. The molecular formula is C12H11ClF10NO3-. The van der Waals surface area contributed by atoms with Crippen molar-refractivity contribution in [2.75, 3.05) is 0 Å². The number of hydrogen-bond acceptors (Lipinski definition) is 3. The van der Waals surface area contributed by atoms with Crippen molar-refractivity contribution < 1.29 is 58.6 Å². The summed E-state index contributed by atoms with van der Waals surface area (Å²) in [6, 6.07) is -2.36. The summed E-state index contributed by atoms with van der Waals surface area (Å²) < 4.78 is 130. The van der Waals surface area contributed by atoms with Crippen molar-refractivity contribution in [3.8, 4) is 0 Å². The monoisotopic (exact) mass is 442 g/mol. The Morgan fingerprint density at radius 2 is 1.37 bits per heavy atom. The van der Waals surface area contributed by atoms with Crippen LogP contribution in [0.2, 0.25) is 0 Å². The fourth-order valence-corrected chi connectivity index (χ4v) is 1.74. The molecule has 1 atom stereocenters. The summed E-state index contributed by atoms with van der Waals surface area (Å²) in [5.41, 5.74) is 0. The summed E-state index contributed by atoms with van der Waals surface area (Å²) in [6.45, 7) is 1.46. The van der Waals surface area contributed by atoms with Gasteiger partial charge in [0.15, 0.2) is 0 Å². The fourth-order valence-electron chi connectivity index (χ4n) is 1.62. The van der Waals surface area contributed by atoms with Crippen molar-refractivity contribution in [3.05, 3.63) is 0 Å². The molecule has 0 saturated heterocycles. The second-order valence-corrected chi connectivity index (χ2v) is 5.76. The molecule has 1 unspecified atom stereocenters. The van der Waals surface area contributed by atoms with Gasteiger partial charge in [0.2, 0.25) is 0 Å². The SMILES string of the molecule is CCCCC(NC(=O)C(F)(F)C(F)(F)C(F)(F)C(F)(F)C(F)(F)Cl)C(=O)[O-]. The zero-order valence-corrected chi connectivity index (χ0v) is 13.8. The van der Waals surface area contributed by atoms with E-state index in [0.717, 1.165) is 5.32 Å². The summed E-state index contributed by atoms with van der Waals surface area (Å²) in [6.07, 6.45) is -0.507. The van der Waals surface area contributed by atoms with E-state index < -0.39 is 53.4 Å². The van der Waals surface area contributed by atoms with E-state index in [1.807, 2.05) is 0 Å². The van der Waals surface area contributed by atoms with Gasteiger partial charge in [0.1, 0.15) is 0 Å². The molecule has 0 aromatic rings. The normalized spacial score (nSPS) is 15.4. The number of rotatable bonds is 10. The highest BCUT2D eigenvalue weighted by Gasteiger charge is 2.87. The molecule has 160 valence electrons. The highest BCUT2D eigenvalue weighted by atomic mass is 35.5. The fraction of sp³-hybridized carbons (Fsp3) is 0.833. The van der Waals surface area contributed by atoms with Crippen LogP contribution in [0.25, 0.3) is 0 Å². The van der Waals surface area contributed by atoms with Crippen LogP contribution in [-0.2, 0) is 9.59 Å². The van der Waals surface area contributed by atoms with Gasteiger partial charge in [-0.1, -0.05) is 19.8 Å². The highest BCUT2D eigenvalue weighted by molar-refractivity contribution is 6.22. The van der Waals surface area contributed by atoms with Gasteiger partial charge in [0.25, 0.3) is 5.91 Å². The molecule has 0 spiro atoms. The lowest BCUT2D eigenvalue weighted by Gasteiger charge is -2.37. The minimum atomic E-state index is -7.51. The van der Waals surface area contributed by atoms with E-state index in [1.165, 1.54) is 6.92 Å². The predicted octanol–water partition coefficient (Wildman–Crippen LogP) is 2.78. The first-order chi connectivity index (χ1) is 11.8. The van der Waals surface area contributed by atoms with Gasteiger partial charge in [-0.2, -0.15) is 43.9 Å². The number of carboxylic acids is 1. The van der Waals surface area contributed by atoms with Crippen molar-refractivity contribution in [1.82, 2.24) is 5.32 Å². The van der Waals surface area contributed by atoms with E-state index in [2.05, 4.69) is 11.6 Å². The maximum atomic E-state index is 13.5. The van der Waals surface area contributed by atoms with Gasteiger partial charge in [0, 0.05) is 0 Å². The Labute approximate surface area is 149 Å². The molecule has 1 amide bonds. The van der Waals surface area contributed by atoms with E-state index >= 15 is 0 Å². The van der Waals surface area contributed by atoms with Crippen LogP contribution in [0.4, 0.5) is 43.9 Å². The number of carbonyl (C=O) groups excluding carboxylic acids is 2. The van der Waals surface area contributed by atoms with Crippen LogP contribution in [0.15, 0.2) is 0 Å². The van der Waals surface area contributed by atoms with Crippen LogP contribution >= 0.6 is 11.6 Å². The second kappa shape index (κ2) is 7.87. The quantitative estimate of drug-likeness (QED) is 0.418. The summed E-state index contributed by atoms with van der Waals surface area (Å²) in [5.74, 6) is -34.5. The van der Waals surface area contributed by atoms with Crippen molar-refractivity contribution in [1.29, 1.82) is 0 Å². The van der Waals surface area contributed by atoms with E-state index in [1.54, 1.807) is 0 Å². The maximum absolute atomic E-state index is 13.5. The first kappa shape index (κ1) is 25.5. The molecule has 0 aromatic heterocycles. The van der Waals surface area contributed by atoms with Gasteiger partial charge in [-0.3, -0.25) is 4.79 Å². The van der Waals surface area contributed by atoms with Crippen LogP contribution < -0.4 is 10.4 Å². The molecule has 4 nitrogen and oxygen atoms in total. The Hall–Kier alpha value is -1.47. The number of carbonyl (C=O) groups is 2. The van der Waals surface area contributed by atoms with E-state index in [4.69, 9.17) is 0 Å². The number of halogens is 11. The summed E-state index contributed by atoms with van der Waals surface area (Å²) in [5, 5.41) is 5.00. The third kappa shape index (κ3) is 4.51. The number of aliphatic carboxylic acids is 1. The zero-order chi connectivity index (χ0) is 22.1. The van der Waals surface area contributed by atoms with Gasteiger partial charge in [-0.15, -0.1) is 0 Å². The Kier molecular flexibility index (Phi) is 7.45. The number of nitrogens with one attached hydrogen (secondary N) is 1. The Balaban J connectivity index is 5.88. The molecular weight excluding hydrogens is 432 g/mol. The third-order valence-corrected chi connectivity index (χ3v) is 3.50. The largest absolute Gasteiger partial charge is 0.548 e. The molecule has 0 aliphatic heterocycles. The smallest absolute Gasteiger partial charge is 0.393 e. The average molecular weight is 443 g/mol. The molecule has 15 heteroatoms. The van der Waals surface area contributed by atoms with Crippen molar-refractivity contribution in [2.24, 2.45) is 0 Å². The van der Waals surface area contributed by atoms with Gasteiger partial charge < -0.3 is 15.2 Å². The summed E-state index contributed by atoms with van der Waals surface area (Å²) >= 11 is 3.60. The van der Waals surface area contributed by atoms with Crippen LogP contribution in [0.3, 0.4) is 0 Å². The Bertz CT molecular complexity index is 564. The van der Waals surface area contributed by atoms with Crippen LogP contribution in [0.1, 0.15) is 26.2 Å². The predicted molar refractivity (Wildman–Crippen MR) is 67.1 cm³/mol. The van der Waals surface area contributed by atoms with E-state index in [0.29, 0.717) is 0 Å². The molecule has 0 rings (SSSR count). The number of carboxylic acid groups (broad SMARTS) is 1. The topological polar surface area (TPSA) is 69.2 Å². The number of amides is 1. The van der Waals surface area contributed by atoms with Crippen molar-refractivity contribution in [3.63, 3.8) is 0 Å². The lowest BCUT2D eigenvalue weighted by atomic mass is 9.97. The molecule has 27 heavy (non-hydrogen) atoms. The minimum absolute atomic E-state index is 0.0758. The third-order valence-electron chi connectivity index (χ3n) is 3.26. The van der Waals surface area contributed by atoms with Gasteiger partial charge in [-0.05, 0) is 18.0 Å². The first-order valence-corrected chi connectivity index (χ1v) is 7.26. The van der Waals surface area contributed by atoms with Crippen molar-refractivity contribution >= 4 is 23.5 Å². The van der Waals surface area contributed by atoms with Gasteiger partial charge in [0.05, 0.1) is 12.0 Å². The first-order valence-electron chi connectivity index (χ1n) is 6.88. The average Bonchev–Trinajstić information content (AvgIpc) is 2.48.